The molecule has 0 spiro atoms. The maximum absolute atomic E-state index is 12.2. The van der Waals surface area contributed by atoms with Gasteiger partial charge in [-0.2, -0.15) is 18.3 Å². The van der Waals surface area contributed by atoms with E-state index in [2.05, 4.69) is 9.84 Å². The minimum absolute atomic E-state index is 0.256. The second kappa shape index (κ2) is 4.52. The summed E-state index contributed by atoms with van der Waals surface area (Å²) in [5.74, 6) is -1.31. The molecule has 8 heteroatoms. The number of carboxylic acids is 1. The van der Waals surface area contributed by atoms with Crippen LogP contribution in [0.15, 0.2) is 12.3 Å². The Morgan fingerprint density at radius 3 is 2.69 bits per heavy atom. The predicted octanol–water partition coefficient (Wildman–Crippen LogP) is 1.17. The summed E-state index contributed by atoms with van der Waals surface area (Å²) in [6, 6.07) is -0.549. The van der Waals surface area contributed by atoms with Crippen LogP contribution in [0.1, 0.15) is 11.7 Å². The van der Waals surface area contributed by atoms with Gasteiger partial charge in [0.1, 0.15) is 0 Å². The molecule has 1 aromatic rings. The zero-order chi connectivity index (χ0) is 12.3. The van der Waals surface area contributed by atoms with E-state index in [1.165, 1.54) is 7.11 Å². The van der Waals surface area contributed by atoms with Crippen LogP contribution in [-0.4, -0.2) is 34.6 Å². The van der Waals surface area contributed by atoms with Gasteiger partial charge in [0.15, 0.2) is 11.7 Å². The summed E-state index contributed by atoms with van der Waals surface area (Å²) in [5, 5.41) is 11.9. The Morgan fingerprint density at radius 1 is 1.69 bits per heavy atom. The van der Waals surface area contributed by atoms with Crippen molar-refractivity contribution in [2.24, 2.45) is 0 Å². The number of nitrogens with zero attached hydrogens (tertiary/aromatic N) is 2. The molecule has 0 aliphatic carbocycles. The Morgan fingerprint density at radius 2 is 2.31 bits per heavy atom. The van der Waals surface area contributed by atoms with Crippen LogP contribution < -0.4 is 0 Å². The first-order chi connectivity index (χ1) is 7.36. The van der Waals surface area contributed by atoms with Gasteiger partial charge in [0.2, 0.25) is 0 Å². The minimum atomic E-state index is -4.58. The van der Waals surface area contributed by atoms with E-state index in [1.54, 1.807) is 0 Å². The second-order valence-corrected chi connectivity index (χ2v) is 2.99. The fourth-order valence-electron chi connectivity index (χ4n) is 1.08. The van der Waals surface area contributed by atoms with Gasteiger partial charge in [0, 0.05) is 13.3 Å². The van der Waals surface area contributed by atoms with E-state index >= 15 is 0 Å². The third kappa shape index (κ3) is 2.72. The van der Waals surface area contributed by atoms with Gasteiger partial charge in [-0.1, -0.05) is 0 Å². The normalized spacial score (nSPS) is 13.8. The summed E-state index contributed by atoms with van der Waals surface area (Å²) in [4.78, 5) is 10.7. The lowest BCUT2D eigenvalue weighted by molar-refractivity contribution is -0.145. The average molecular weight is 238 g/mol. The molecule has 1 unspecified atom stereocenters. The molecule has 1 rings (SSSR count). The SMILES string of the molecule is COCC(C(=O)O)n1ccc(C(F)(F)F)n1. The number of methoxy groups -OCH3 is 1. The van der Waals surface area contributed by atoms with E-state index < -0.39 is 23.9 Å². The molecule has 1 heterocycles. The number of carbonyl (C=O) groups is 1. The number of ether oxygens (including phenoxy) is 1. The van der Waals surface area contributed by atoms with Crippen molar-refractivity contribution in [2.45, 2.75) is 12.2 Å². The van der Waals surface area contributed by atoms with Crippen molar-refractivity contribution < 1.29 is 27.8 Å². The first-order valence-corrected chi connectivity index (χ1v) is 4.20. The van der Waals surface area contributed by atoms with Crippen LogP contribution in [0.5, 0.6) is 0 Å². The van der Waals surface area contributed by atoms with Crippen LogP contribution in [0.3, 0.4) is 0 Å². The average Bonchev–Trinajstić information content (AvgIpc) is 2.61. The smallest absolute Gasteiger partial charge is 0.435 e. The van der Waals surface area contributed by atoms with Gasteiger partial charge in [-0.25, -0.2) is 4.79 Å². The lowest BCUT2D eigenvalue weighted by atomic mass is 10.3. The summed E-state index contributed by atoms with van der Waals surface area (Å²) < 4.78 is 41.9. The van der Waals surface area contributed by atoms with Gasteiger partial charge in [-0.05, 0) is 6.07 Å². The molecule has 1 N–H and O–H groups in total. The third-order valence-electron chi connectivity index (χ3n) is 1.83. The number of hydrogen-bond donors (Lipinski definition) is 1. The molecule has 0 amide bonds. The van der Waals surface area contributed by atoms with Crippen LogP contribution in [0.2, 0.25) is 0 Å². The lowest BCUT2D eigenvalue weighted by Gasteiger charge is -2.11. The molecule has 0 bridgehead atoms. The summed E-state index contributed by atoms with van der Waals surface area (Å²) in [6.07, 6.45) is -3.62. The fraction of sp³-hybridized carbons (Fsp3) is 0.500. The maximum Gasteiger partial charge on any atom is 0.435 e. The number of hydrogen-bond acceptors (Lipinski definition) is 3. The van der Waals surface area contributed by atoms with E-state index in [0.717, 1.165) is 6.20 Å². The molecular weight excluding hydrogens is 229 g/mol. The van der Waals surface area contributed by atoms with E-state index in [4.69, 9.17) is 5.11 Å². The van der Waals surface area contributed by atoms with Gasteiger partial charge in [-0.15, -0.1) is 0 Å². The maximum atomic E-state index is 12.2. The van der Waals surface area contributed by atoms with Crippen molar-refractivity contribution in [1.82, 2.24) is 9.78 Å². The summed E-state index contributed by atoms with van der Waals surface area (Å²) in [5.41, 5.74) is -1.13. The van der Waals surface area contributed by atoms with Gasteiger partial charge in [0.25, 0.3) is 0 Å². The summed E-state index contributed by atoms with van der Waals surface area (Å²) in [7, 11) is 1.25. The summed E-state index contributed by atoms with van der Waals surface area (Å²) >= 11 is 0. The third-order valence-corrected chi connectivity index (χ3v) is 1.83. The number of aliphatic carboxylic acids is 1. The molecule has 1 aromatic heterocycles. The second-order valence-electron chi connectivity index (χ2n) is 2.99. The van der Waals surface area contributed by atoms with E-state index in [-0.39, 0.29) is 6.61 Å². The number of carboxylic acid groups (broad SMARTS) is 1. The van der Waals surface area contributed by atoms with Crippen LogP contribution in [0.4, 0.5) is 13.2 Å². The predicted molar refractivity (Wildman–Crippen MR) is 45.8 cm³/mol. The molecule has 5 nitrogen and oxygen atoms in total. The molecule has 0 fully saturated rings. The highest BCUT2D eigenvalue weighted by molar-refractivity contribution is 5.71. The van der Waals surface area contributed by atoms with E-state index in [9.17, 15) is 18.0 Å². The van der Waals surface area contributed by atoms with E-state index in [0.29, 0.717) is 10.7 Å². The zero-order valence-corrected chi connectivity index (χ0v) is 8.23. The Kier molecular flexibility index (Phi) is 3.53. The molecule has 0 radical (unpaired) electrons. The standard InChI is InChI=1S/C8H9F3N2O3/c1-16-4-5(7(14)15)13-3-2-6(12-13)8(9,10)11/h2-3,5H,4H2,1H3,(H,14,15). The quantitative estimate of drug-likeness (QED) is 0.855. The fourth-order valence-corrected chi connectivity index (χ4v) is 1.08. The van der Waals surface area contributed by atoms with Crippen molar-refractivity contribution in [1.29, 1.82) is 0 Å². The van der Waals surface area contributed by atoms with Crippen LogP contribution in [0.25, 0.3) is 0 Å². The highest BCUT2D eigenvalue weighted by atomic mass is 19.4. The Hall–Kier alpha value is -1.57. The first kappa shape index (κ1) is 12.5. The van der Waals surface area contributed by atoms with Gasteiger partial charge < -0.3 is 9.84 Å². The molecule has 0 aliphatic rings. The van der Waals surface area contributed by atoms with Crippen molar-refractivity contribution in [3.8, 4) is 0 Å². The topological polar surface area (TPSA) is 64.3 Å². The molecule has 90 valence electrons. The Bertz CT molecular complexity index is 375. The molecular formula is C8H9F3N2O3. The molecule has 0 saturated heterocycles. The molecule has 0 aliphatic heterocycles. The van der Waals surface area contributed by atoms with Crippen molar-refractivity contribution >= 4 is 5.97 Å². The summed E-state index contributed by atoms with van der Waals surface area (Å²) in [6.45, 7) is -0.256. The molecule has 0 aromatic carbocycles. The monoisotopic (exact) mass is 238 g/mol. The molecule has 16 heavy (non-hydrogen) atoms. The number of halogens is 3. The first-order valence-electron chi connectivity index (χ1n) is 4.20. The lowest BCUT2D eigenvalue weighted by Crippen LogP contribution is -2.24. The van der Waals surface area contributed by atoms with Crippen molar-refractivity contribution in [3.05, 3.63) is 18.0 Å². The van der Waals surface area contributed by atoms with Crippen LogP contribution in [-0.2, 0) is 15.7 Å². The van der Waals surface area contributed by atoms with Gasteiger partial charge >= 0.3 is 12.1 Å². The van der Waals surface area contributed by atoms with Crippen molar-refractivity contribution in [2.75, 3.05) is 13.7 Å². The Labute approximate surface area is 88.4 Å². The molecule has 0 saturated carbocycles. The van der Waals surface area contributed by atoms with Crippen LogP contribution in [0, 0.1) is 0 Å². The highest BCUT2D eigenvalue weighted by Gasteiger charge is 2.34. The number of rotatable bonds is 4. The zero-order valence-electron chi connectivity index (χ0n) is 8.23. The molecule has 1 atom stereocenters. The van der Waals surface area contributed by atoms with E-state index in [1.807, 2.05) is 0 Å². The van der Waals surface area contributed by atoms with Crippen molar-refractivity contribution in [3.63, 3.8) is 0 Å². The largest absolute Gasteiger partial charge is 0.480 e. The Balaban J connectivity index is 2.95. The van der Waals surface area contributed by atoms with Gasteiger partial charge in [0.05, 0.1) is 6.61 Å². The highest BCUT2D eigenvalue weighted by Crippen LogP contribution is 2.27. The van der Waals surface area contributed by atoms with Crippen LogP contribution >= 0.6 is 0 Å². The minimum Gasteiger partial charge on any atom is -0.480 e. The van der Waals surface area contributed by atoms with Gasteiger partial charge in [-0.3, -0.25) is 4.68 Å². The number of aromatic nitrogens is 2. The number of alkyl halides is 3.